The maximum Gasteiger partial charge on any atom is 0.101 e. The summed E-state index contributed by atoms with van der Waals surface area (Å²) in [5, 5.41) is 14.6. The lowest BCUT2D eigenvalue weighted by molar-refractivity contribution is -0.686. The predicted octanol–water partition coefficient (Wildman–Crippen LogP) is 2.64. The summed E-state index contributed by atoms with van der Waals surface area (Å²) in [6.45, 7) is 3.46. The Hall–Kier alpha value is -1.22. The van der Waals surface area contributed by atoms with Crippen molar-refractivity contribution in [3.63, 3.8) is 0 Å². The van der Waals surface area contributed by atoms with Gasteiger partial charge in [0.25, 0.3) is 0 Å². The Labute approximate surface area is 123 Å². The lowest BCUT2D eigenvalue weighted by Crippen LogP contribution is -2.80. The van der Waals surface area contributed by atoms with Gasteiger partial charge in [0, 0.05) is 21.2 Å². The summed E-state index contributed by atoms with van der Waals surface area (Å²) in [6, 6.07) is 11.5. The molecule has 0 fully saturated rings. The summed E-state index contributed by atoms with van der Waals surface area (Å²) in [7, 11) is 0. The van der Waals surface area contributed by atoms with E-state index in [1.807, 2.05) is 0 Å². The molecule has 0 radical (unpaired) electrons. The van der Waals surface area contributed by atoms with Crippen LogP contribution in [-0.2, 0) is 13.1 Å². The molecule has 0 amide bonds. The first kappa shape index (κ1) is 14.2. The number of rotatable bonds is 4. The fourth-order valence-electron chi connectivity index (χ4n) is 1.88. The van der Waals surface area contributed by atoms with Crippen LogP contribution in [0.1, 0.15) is 16.7 Å². The standard InChI is InChI=1S/C15H15Cl2NO/c1-10-2-4-11(5-3-10)8-18-9-12-6-13(16)7-14(17)15(12)19/h2-7,18-19H,8-9H2,1H3. The molecule has 2 aromatic carbocycles. The van der Waals surface area contributed by atoms with Gasteiger partial charge in [0.1, 0.15) is 13.1 Å². The predicted molar refractivity (Wildman–Crippen MR) is 76.4 cm³/mol. The molecule has 0 aliphatic heterocycles. The van der Waals surface area contributed by atoms with E-state index >= 15 is 0 Å². The topological polar surface area (TPSA) is 39.7 Å². The van der Waals surface area contributed by atoms with Crippen LogP contribution in [0.25, 0.3) is 0 Å². The van der Waals surface area contributed by atoms with Crippen LogP contribution in [0.5, 0.6) is 5.75 Å². The molecule has 2 aromatic rings. The van der Waals surface area contributed by atoms with E-state index in [0.29, 0.717) is 17.1 Å². The first-order valence-corrected chi connectivity index (χ1v) is 6.84. The number of hydrogen-bond donors (Lipinski definition) is 1. The average molecular weight is 296 g/mol. The second-order valence-electron chi connectivity index (χ2n) is 4.56. The molecule has 0 bridgehead atoms. The largest absolute Gasteiger partial charge is 0.871 e. The van der Waals surface area contributed by atoms with Gasteiger partial charge in [-0.1, -0.05) is 58.8 Å². The van der Waals surface area contributed by atoms with Crippen LogP contribution in [0, 0.1) is 6.92 Å². The third-order valence-corrected chi connectivity index (χ3v) is 3.45. The maximum atomic E-state index is 11.8. The molecule has 0 heterocycles. The number of nitrogens with two attached hydrogens (primary N) is 1. The maximum absolute atomic E-state index is 11.8. The number of aryl methyl sites for hydroxylation is 1. The lowest BCUT2D eigenvalue weighted by atomic mass is 10.1. The van der Waals surface area contributed by atoms with Crippen molar-refractivity contribution >= 4 is 23.2 Å². The van der Waals surface area contributed by atoms with Gasteiger partial charge in [-0.15, -0.1) is 0 Å². The number of halogens is 2. The molecular formula is C15H15Cl2NO. The molecule has 2 N–H and O–H groups in total. The highest BCUT2D eigenvalue weighted by molar-refractivity contribution is 6.35. The molecule has 0 aromatic heterocycles. The highest BCUT2D eigenvalue weighted by atomic mass is 35.5. The lowest BCUT2D eigenvalue weighted by Gasteiger charge is -2.15. The van der Waals surface area contributed by atoms with Crippen LogP contribution in [0.15, 0.2) is 36.4 Å². The smallest absolute Gasteiger partial charge is 0.101 e. The van der Waals surface area contributed by atoms with Gasteiger partial charge in [-0.25, -0.2) is 0 Å². The second kappa shape index (κ2) is 6.29. The molecule has 0 unspecified atom stereocenters. The summed E-state index contributed by atoms with van der Waals surface area (Å²) in [6.07, 6.45) is 0. The molecule has 0 aliphatic rings. The molecule has 19 heavy (non-hydrogen) atoms. The summed E-state index contributed by atoms with van der Waals surface area (Å²) >= 11 is 11.7. The molecule has 2 rings (SSSR count). The van der Waals surface area contributed by atoms with Crippen molar-refractivity contribution in [2.75, 3.05) is 0 Å². The second-order valence-corrected chi connectivity index (χ2v) is 5.40. The highest BCUT2D eigenvalue weighted by Gasteiger charge is 2.03. The van der Waals surface area contributed by atoms with Crippen molar-refractivity contribution in [3.8, 4) is 5.75 Å². The van der Waals surface area contributed by atoms with Gasteiger partial charge >= 0.3 is 0 Å². The Morgan fingerprint density at radius 2 is 1.74 bits per heavy atom. The molecule has 0 aliphatic carbocycles. The van der Waals surface area contributed by atoms with Crippen LogP contribution in [0.2, 0.25) is 10.0 Å². The Kier molecular flexibility index (Phi) is 4.70. The summed E-state index contributed by atoms with van der Waals surface area (Å²) < 4.78 is 0. The van der Waals surface area contributed by atoms with E-state index in [1.54, 1.807) is 6.07 Å². The number of quaternary nitrogens is 1. The number of benzene rings is 2. The van der Waals surface area contributed by atoms with Gasteiger partial charge in [0.15, 0.2) is 0 Å². The normalized spacial score (nSPS) is 10.7. The minimum absolute atomic E-state index is 0.133. The zero-order chi connectivity index (χ0) is 13.8. The molecule has 0 atom stereocenters. The van der Waals surface area contributed by atoms with Crippen molar-refractivity contribution in [3.05, 3.63) is 63.1 Å². The van der Waals surface area contributed by atoms with E-state index in [9.17, 15) is 5.11 Å². The zero-order valence-corrected chi connectivity index (χ0v) is 12.1. The van der Waals surface area contributed by atoms with Crippen LogP contribution < -0.4 is 10.4 Å². The minimum Gasteiger partial charge on any atom is -0.871 e. The Bertz CT molecular complexity index is 567. The molecule has 0 saturated carbocycles. The van der Waals surface area contributed by atoms with Crippen molar-refractivity contribution in [2.45, 2.75) is 20.0 Å². The average Bonchev–Trinajstić information content (AvgIpc) is 2.37. The van der Waals surface area contributed by atoms with Crippen LogP contribution >= 0.6 is 23.2 Å². The van der Waals surface area contributed by atoms with Crippen molar-refractivity contribution in [2.24, 2.45) is 0 Å². The first-order valence-electron chi connectivity index (χ1n) is 6.08. The van der Waals surface area contributed by atoms with E-state index in [0.717, 1.165) is 6.54 Å². The van der Waals surface area contributed by atoms with E-state index in [2.05, 4.69) is 36.5 Å². The van der Waals surface area contributed by atoms with Gasteiger partial charge in [0.2, 0.25) is 0 Å². The third kappa shape index (κ3) is 3.87. The minimum atomic E-state index is -0.133. The molecular weight excluding hydrogens is 281 g/mol. The van der Waals surface area contributed by atoms with Gasteiger partial charge in [-0.3, -0.25) is 0 Å². The molecule has 2 nitrogen and oxygen atoms in total. The SMILES string of the molecule is Cc1ccc(C[NH2+]Cc2cc(Cl)cc(Cl)c2[O-])cc1. The molecule has 100 valence electrons. The van der Waals surface area contributed by atoms with Crippen molar-refractivity contribution in [1.82, 2.24) is 0 Å². The molecule has 0 spiro atoms. The van der Waals surface area contributed by atoms with Gasteiger partial charge < -0.3 is 10.4 Å². The summed E-state index contributed by atoms with van der Waals surface area (Å²) in [4.78, 5) is 0. The third-order valence-electron chi connectivity index (χ3n) is 2.95. The van der Waals surface area contributed by atoms with Crippen molar-refractivity contribution in [1.29, 1.82) is 0 Å². The fourth-order valence-corrected chi connectivity index (χ4v) is 2.42. The number of hydrogen-bond acceptors (Lipinski definition) is 1. The molecule has 0 saturated heterocycles. The monoisotopic (exact) mass is 295 g/mol. The van der Waals surface area contributed by atoms with E-state index in [1.165, 1.54) is 17.2 Å². The Morgan fingerprint density at radius 3 is 2.42 bits per heavy atom. The Morgan fingerprint density at radius 1 is 1.05 bits per heavy atom. The summed E-state index contributed by atoms with van der Waals surface area (Å²) in [5.41, 5.74) is 3.11. The van der Waals surface area contributed by atoms with Gasteiger partial charge in [0.05, 0.1) is 0 Å². The summed E-state index contributed by atoms with van der Waals surface area (Å²) in [5.74, 6) is -0.133. The first-order chi connectivity index (χ1) is 9.06. The van der Waals surface area contributed by atoms with E-state index in [4.69, 9.17) is 23.2 Å². The van der Waals surface area contributed by atoms with E-state index in [-0.39, 0.29) is 10.8 Å². The van der Waals surface area contributed by atoms with Crippen LogP contribution in [0.3, 0.4) is 0 Å². The van der Waals surface area contributed by atoms with Crippen LogP contribution in [-0.4, -0.2) is 0 Å². The Balaban J connectivity index is 1.98. The quantitative estimate of drug-likeness (QED) is 0.925. The fraction of sp³-hybridized carbons (Fsp3) is 0.200. The van der Waals surface area contributed by atoms with Crippen LogP contribution in [0.4, 0.5) is 0 Å². The highest BCUT2D eigenvalue weighted by Crippen LogP contribution is 2.28. The van der Waals surface area contributed by atoms with Crippen molar-refractivity contribution < 1.29 is 10.4 Å². The van der Waals surface area contributed by atoms with E-state index < -0.39 is 0 Å². The molecule has 4 heteroatoms. The van der Waals surface area contributed by atoms with Gasteiger partial charge in [-0.05, 0) is 19.1 Å². The van der Waals surface area contributed by atoms with Gasteiger partial charge in [-0.2, -0.15) is 0 Å². The zero-order valence-electron chi connectivity index (χ0n) is 10.6.